The van der Waals surface area contributed by atoms with Crippen molar-refractivity contribution >= 4 is 22.5 Å². The molecular formula is C25H23F3N4O2. The normalized spacial score (nSPS) is 11.5. The number of carbonyl (C=O) groups excluding carboxylic acids is 1. The lowest BCUT2D eigenvalue weighted by atomic mass is 10.2. The monoisotopic (exact) mass is 468 g/mol. The summed E-state index contributed by atoms with van der Waals surface area (Å²) in [5.74, 6) is 0.239. The number of fused-ring (bicyclic) bond motifs is 1. The fourth-order valence-corrected chi connectivity index (χ4v) is 3.33. The van der Waals surface area contributed by atoms with Crippen LogP contribution in [0, 0.1) is 0 Å². The fourth-order valence-electron chi connectivity index (χ4n) is 3.33. The molecule has 0 aliphatic rings. The van der Waals surface area contributed by atoms with Crippen molar-refractivity contribution in [1.82, 2.24) is 15.3 Å². The number of H-pyrrole nitrogens is 1. The summed E-state index contributed by atoms with van der Waals surface area (Å²) in [6.45, 7) is 3.72. The van der Waals surface area contributed by atoms with Crippen molar-refractivity contribution in [3.05, 3.63) is 89.4 Å². The molecule has 2 aromatic carbocycles. The van der Waals surface area contributed by atoms with Gasteiger partial charge in [0.1, 0.15) is 18.1 Å². The molecule has 1 amide bonds. The van der Waals surface area contributed by atoms with Gasteiger partial charge in [-0.25, -0.2) is 0 Å². The molecule has 0 aliphatic carbocycles. The van der Waals surface area contributed by atoms with Gasteiger partial charge in [0.25, 0.3) is 5.91 Å². The van der Waals surface area contributed by atoms with Gasteiger partial charge in [-0.2, -0.15) is 13.2 Å². The Morgan fingerprint density at radius 2 is 1.85 bits per heavy atom. The molecule has 0 radical (unpaired) electrons. The Hall–Kier alpha value is -3.85. The van der Waals surface area contributed by atoms with E-state index in [4.69, 9.17) is 4.74 Å². The highest BCUT2D eigenvalue weighted by atomic mass is 19.4. The number of rotatable bonds is 8. The predicted molar refractivity (Wildman–Crippen MR) is 124 cm³/mol. The lowest BCUT2D eigenvalue weighted by Crippen LogP contribution is -2.13. The van der Waals surface area contributed by atoms with Gasteiger partial charge in [-0.05, 0) is 60.6 Å². The lowest BCUT2D eigenvalue weighted by Gasteiger charge is -2.08. The van der Waals surface area contributed by atoms with Crippen LogP contribution in [0.25, 0.3) is 10.9 Å². The number of carbonyl (C=O) groups is 1. The van der Waals surface area contributed by atoms with Gasteiger partial charge in [0.05, 0.1) is 11.3 Å². The zero-order valence-electron chi connectivity index (χ0n) is 18.4. The van der Waals surface area contributed by atoms with Crippen LogP contribution in [0.15, 0.2) is 66.9 Å². The molecule has 0 spiro atoms. The number of hydrogen-bond donors (Lipinski definition) is 3. The summed E-state index contributed by atoms with van der Waals surface area (Å²) < 4.78 is 43.6. The maximum Gasteiger partial charge on any atom is 0.417 e. The van der Waals surface area contributed by atoms with Gasteiger partial charge >= 0.3 is 6.18 Å². The summed E-state index contributed by atoms with van der Waals surface area (Å²) in [6, 6.07) is 16.8. The molecule has 9 heteroatoms. The maximum absolute atomic E-state index is 12.7. The smallest absolute Gasteiger partial charge is 0.417 e. The topological polar surface area (TPSA) is 79.0 Å². The Balaban J connectivity index is 1.39. The molecule has 0 atom stereocenters. The third kappa shape index (κ3) is 5.74. The largest absolute Gasteiger partial charge is 0.487 e. The number of hydrogen-bond acceptors (Lipinski definition) is 4. The van der Waals surface area contributed by atoms with Gasteiger partial charge in [-0.1, -0.05) is 19.1 Å². The highest BCUT2D eigenvalue weighted by molar-refractivity contribution is 6.06. The quantitative estimate of drug-likeness (QED) is 0.318. The molecule has 176 valence electrons. The van der Waals surface area contributed by atoms with E-state index in [-0.39, 0.29) is 12.5 Å². The van der Waals surface area contributed by atoms with E-state index in [9.17, 15) is 18.0 Å². The first-order valence-electron chi connectivity index (χ1n) is 10.7. The highest BCUT2D eigenvalue weighted by Gasteiger charge is 2.30. The summed E-state index contributed by atoms with van der Waals surface area (Å²) in [6.07, 6.45) is -3.64. The Morgan fingerprint density at radius 1 is 1.06 bits per heavy atom. The van der Waals surface area contributed by atoms with Crippen LogP contribution in [0.1, 0.15) is 34.2 Å². The van der Waals surface area contributed by atoms with E-state index in [1.165, 1.54) is 6.07 Å². The second kappa shape index (κ2) is 9.96. The zero-order valence-corrected chi connectivity index (χ0v) is 18.4. The van der Waals surface area contributed by atoms with Gasteiger partial charge in [-0.15, -0.1) is 0 Å². The van der Waals surface area contributed by atoms with E-state index in [0.717, 1.165) is 41.8 Å². The van der Waals surface area contributed by atoms with E-state index in [1.807, 2.05) is 31.2 Å². The van der Waals surface area contributed by atoms with E-state index in [1.54, 1.807) is 24.3 Å². The Morgan fingerprint density at radius 3 is 2.53 bits per heavy atom. The van der Waals surface area contributed by atoms with Crippen LogP contribution in [0.3, 0.4) is 0 Å². The molecule has 4 aromatic rings. The van der Waals surface area contributed by atoms with E-state index < -0.39 is 11.7 Å². The number of amides is 1. The number of alkyl halides is 3. The number of nitrogens with one attached hydrogen (secondary N) is 3. The molecule has 0 aliphatic heterocycles. The summed E-state index contributed by atoms with van der Waals surface area (Å²) in [5.41, 5.74) is 2.54. The second-order valence-corrected chi connectivity index (χ2v) is 7.69. The molecule has 34 heavy (non-hydrogen) atoms. The van der Waals surface area contributed by atoms with Crippen molar-refractivity contribution in [3.8, 4) is 5.75 Å². The molecule has 6 nitrogen and oxygen atoms in total. The highest BCUT2D eigenvalue weighted by Crippen LogP contribution is 2.28. The molecule has 0 bridgehead atoms. The fraction of sp³-hybridized carbons (Fsp3) is 0.200. The van der Waals surface area contributed by atoms with Crippen molar-refractivity contribution < 1.29 is 22.7 Å². The third-order valence-corrected chi connectivity index (χ3v) is 5.17. The Labute approximate surface area is 194 Å². The summed E-state index contributed by atoms with van der Waals surface area (Å²) in [4.78, 5) is 19.5. The molecule has 0 saturated carbocycles. The minimum atomic E-state index is -4.43. The number of benzene rings is 2. The van der Waals surface area contributed by atoms with Crippen molar-refractivity contribution in [2.75, 3.05) is 11.9 Å². The number of aromatic amines is 1. The molecule has 2 aromatic heterocycles. The van der Waals surface area contributed by atoms with Crippen LogP contribution >= 0.6 is 0 Å². The second-order valence-electron chi connectivity index (χ2n) is 7.69. The van der Waals surface area contributed by atoms with Gasteiger partial charge in [0.15, 0.2) is 0 Å². The van der Waals surface area contributed by atoms with Crippen molar-refractivity contribution in [2.45, 2.75) is 26.3 Å². The number of nitrogens with zero attached hydrogens (tertiary/aromatic N) is 1. The van der Waals surface area contributed by atoms with Crippen molar-refractivity contribution in [2.24, 2.45) is 0 Å². The van der Waals surface area contributed by atoms with Crippen molar-refractivity contribution in [3.63, 3.8) is 0 Å². The number of anilines is 1. The summed E-state index contributed by atoms with van der Waals surface area (Å²) >= 11 is 0. The SMILES string of the molecule is CCNCc1ccc(NC(=O)c2cc3cc(OCc4ccc(C(F)(F)F)cn4)ccc3[nH]2)cc1. The first-order valence-corrected chi connectivity index (χ1v) is 10.7. The minimum absolute atomic E-state index is 0.0190. The van der Waals surface area contributed by atoms with Crippen LogP contribution in [-0.4, -0.2) is 22.4 Å². The zero-order chi connectivity index (χ0) is 24.1. The molecular weight excluding hydrogens is 445 g/mol. The first-order chi connectivity index (χ1) is 16.3. The lowest BCUT2D eigenvalue weighted by molar-refractivity contribution is -0.137. The van der Waals surface area contributed by atoms with E-state index in [2.05, 4.69) is 20.6 Å². The van der Waals surface area contributed by atoms with Crippen LogP contribution in [0.5, 0.6) is 5.75 Å². The number of aromatic nitrogens is 2. The summed E-state index contributed by atoms with van der Waals surface area (Å²) in [5, 5.41) is 6.89. The van der Waals surface area contributed by atoms with Crippen LogP contribution in [-0.2, 0) is 19.3 Å². The van der Waals surface area contributed by atoms with Gasteiger partial charge in [-0.3, -0.25) is 9.78 Å². The first kappa shape index (κ1) is 23.3. The average molecular weight is 468 g/mol. The van der Waals surface area contributed by atoms with Crippen LogP contribution in [0.2, 0.25) is 0 Å². The minimum Gasteiger partial charge on any atom is -0.487 e. The number of pyridine rings is 1. The van der Waals surface area contributed by atoms with Crippen LogP contribution in [0.4, 0.5) is 18.9 Å². The Kier molecular flexibility index (Phi) is 6.83. The van der Waals surface area contributed by atoms with Gasteiger partial charge in [0.2, 0.25) is 0 Å². The number of ether oxygens (including phenoxy) is 1. The molecule has 0 unspecified atom stereocenters. The molecule has 4 rings (SSSR count). The molecule has 0 saturated heterocycles. The average Bonchev–Trinajstić information content (AvgIpc) is 3.26. The Bertz CT molecular complexity index is 1270. The predicted octanol–water partition coefficient (Wildman–Crippen LogP) is 5.52. The van der Waals surface area contributed by atoms with Crippen molar-refractivity contribution in [1.29, 1.82) is 0 Å². The third-order valence-electron chi connectivity index (χ3n) is 5.17. The van der Waals surface area contributed by atoms with Crippen LogP contribution < -0.4 is 15.4 Å². The number of halogens is 3. The molecule has 0 fully saturated rings. The van der Waals surface area contributed by atoms with E-state index >= 15 is 0 Å². The maximum atomic E-state index is 12.7. The molecule has 2 heterocycles. The standard InChI is InChI=1S/C25H23F3N4O2/c1-2-29-13-16-3-6-19(7-4-16)31-24(33)23-12-17-11-21(9-10-22(17)32-23)34-15-20-8-5-18(14-30-20)25(26,27)28/h3-12,14,29,32H,2,13,15H2,1H3,(H,31,33). The van der Waals surface area contributed by atoms with Gasteiger partial charge < -0.3 is 20.4 Å². The van der Waals surface area contributed by atoms with E-state index in [0.29, 0.717) is 22.8 Å². The molecule has 3 N–H and O–H groups in total. The van der Waals surface area contributed by atoms with Gasteiger partial charge in [0, 0.05) is 29.3 Å². The summed E-state index contributed by atoms with van der Waals surface area (Å²) in [7, 11) is 0.